The molecule has 5 rings (SSSR count). The van der Waals surface area contributed by atoms with Crippen LogP contribution < -0.4 is 5.73 Å². The molecule has 2 N–H and O–H groups in total. The third-order valence-electron chi connectivity index (χ3n) is 5.30. The van der Waals surface area contributed by atoms with Crippen molar-refractivity contribution >= 4 is 5.82 Å². The molecule has 0 spiro atoms. The summed E-state index contributed by atoms with van der Waals surface area (Å²) in [6, 6.07) is 2.41. The number of rotatable bonds is 1. The summed E-state index contributed by atoms with van der Waals surface area (Å²) < 4.78 is 1.85. The number of nitrogens with two attached hydrogens (primary N) is 1. The summed E-state index contributed by atoms with van der Waals surface area (Å²) in [5.41, 5.74) is 6.29. The van der Waals surface area contributed by atoms with Crippen molar-refractivity contribution in [3.05, 3.63) is 5.69 Å². The lowest BCUT2D eigenvalue weighted by molar-refractivity contribution is -0.0333. The Labute approximate surface area is 106 Å². The number of nitrogen functional groups attached to an aromatic ring is 1. The van der Waals surface area contributed by atoms with E-state index in [4.69, 9.17) is 11.0 Å². The van der Waals surface area contributed by atoms with Gasteiger partial charge in [-0.1, -0.05) is 5.21 Å². The molecule has 0 aromatic carbocycles. The predicted molar refractivity (Wildman–Crippen MR) is 65.2 cm³/mol. The van der Waals surface area contributed by atoms with E-state index in [-0.39, 0.29) is 5.69 Å². The SMILES string of the molecule is N#Cc1nnn(C2C3CC4CC(C3)CC2C4)c1N. The van der Waals surface area contributed by atoms with E-state index in [0.717, 1.165) is 11.8 Å². The number of anilines is 1. The highest BCUT2D eigenvalue weighted by Gasteiger charge is 2.49. The van der Waals surface area contributed by atoms with Gasteiger partial charge in [0.15, 0.2) is 5.82 Å². The Hall–Kier alpha value is -1.57. The fourth-order valence-corrected chi connectivity index (χ4v) is 4.90. The van der Waals surface area contributed by atoms with Gasteiger partial charge in [0.05, 0.1) is 6.04 Å². The van der Waals surface area contributed by atoms with Crippen LogP contribution in [0.1, 0.15) is 43.8 Å². The van der Waals surface area contributed by atoms with Gasteiger partial charge in [0, 0.05) is 0 Å². The Morgan fingerprint density at radius 1 is 1.11 bits per heavy atom. The van der Waals surface area contributed by atoms with Crippen LogP contribution in [0.3, 0.4) is 0 Å². The van der Waals surface area contributed by atoms with E-state index in [1.807, 2.05) is 10.8 Å². The maximum atomic E-state index is 8.94. The van der Waals surface area contributed by atoms with Crippen LogP contribution in [0.25, 0.3) is 0 Å². The number of hydrogen-bond donors (Lipinski definition) is 1. The van der Waals surface area contributed by atoms with Crippen molar-refractivity contribution in [3.63, 3.8) is 0 Å². The van der Waals surface area contributed by atoms with Gasteiger partial charge in [-0.25, -0.2) is 4.68 Å². The van der Waals surface area contributed by atoms with Gasteiger partial charge in [-0.05, 0) is 55.8 Å². The van der Waals surface area contributed by atoms with Crippen molar-refractivity contribution < 1.29 is 0 Å². The first kappa shape index (κ1) is 10.4. The molecular formula is C13H17N5. The lowest BCUT2D eigenvalue weighted by Crippen LogP contribution is -2.46. The van der Waals surface area contributed by atoms with Crippen LogP contribution in [0.4, 0.5) is 5.82 Å². The number of nitrogens with zero attached hydrogens (tertiary/aromatic N) is 4. The number of nitriles is 1. The second kappa shape index (κ2) is 3.47. The van der Waals surface area contributed by atoms with Gasteiger partial charge in [-0.2, -0.15) is 5.26 Å². The minimum Gasteiger partial charge on any atom is -0.381 e. The third-order valence-corrected chi connectivity index (χ3v) is 5.30. The van der Waals surface area contributed by atoms with E-state index in [9.17, 15) is 0 Å². The largest absolute Gasteiger partial charge is 0.381 e. The molecule has 4 fully saturated rings. The number of aromatic nitrogens is 3. The Morgan fingerprint density at radius 2 is 1.72 bits per heavy atom. The molecule has 0 saturated heterocycles. The highest BCUT2D eigenvalue weighted by atomic mass is 15.5. The standard InChI is InChI=1S/C13H17N5/c14-6-11-13(15)18(17-16-11)12-9-2-7-1-8(4-9)5-10(12)3-7/h7-10,12H,1-5,15H2. The molecule has 18 heavy (non-hydrogen) atoms. The molecule has 0 atom stereocenters. The molecule has 4 aliphatic rings. The van der Waals surface area contributed by atoms with Crippen LogP contribution in [0.15, 0.2) is 0 Å². The average molecular weight is 243 g/mol. The predicted octanol–water partition coefficient (Wildman–Crippen LogP) is 1.73. The second-order valence-electron chi connectivity index (χ2n) is 6.30. The molecule has 0 radical (unpaired) electrons. The molecule has 0 amide bonds. The second-order valence-corrected chi connectivity index (χ2v) is 6.30. The minimum absolute atomic E-state index is 0.281. The van der Waals surface area contributed by atoms with Crippen LogP contribution >= 0.6 is 0 Å². The van der Waals surface area contributed by atoms with Gasteiger partial charge in [0.25, 0.3) is 0 Å². The van der Waals surface area contributed by atoms with Gasteiger partial charge < -0.3 is 5.73 Å². The van der Waals surface area contributed by atoms with Crippen molar-refractivity contribution in [2.45, 2.75) is 38.1 Å². The van der Waals surface area contributed by atoms with Gasteiger partial charge in [0.2, 0.25) is 5.69 Å². The molecule has 4 aliphatic carbocycles. The molecule has 0 unspecified atom stereocenters. The molecule has 1 aromatic rings. The molecule has 1 heterocycles. The quantitative estimate of drug-likeness (QED) is 0.814. The minimum atomic E-state index is 0.281. The van der Waals surface area contributed by atoms with Gasteiger partial charge in [-0.15, -0.1) is 5.10 Å². The third kappa shape index (κ3) is 1.26. The molecule has 4 saturated carbocycles. The van der Waals surface area contributed by atoms with Crippen LogP contribution in [-0.2, 0) is 0 Å². The number of hydrogen-bond acceptors (Lipinski definition) is 4. The lowest BCUT2D eigenvalue weighted by atomic mass is 9.54. The van der Waals surface area contributed by atoms with Crippen LogP contribution in [0, 0.1) is 35.0 Å². The molecule has 5 heteroatoms. The Bertz CT molecular complexity index is 498. The van der Waals surface area contributed by atoms with Crippen molar-refractivity contribution in [3.8, 4) is 6.07 Å². The fourth-order valence-electron chi connectivity index (χ4n) is 4.90. The maximum Gasteiger partial charge on any atom is 0.206 e. The first-order valence-electron chi connectivity index (χ1n) is 6.87. The van der Waals surface area contributed by atoms with E-state index >= 15 is 0 Å². The summed E-state index contributed by atoms with van der Waals surface area (Å²) in [4.78, 5) is 0. The first-order valence-corrected chi connectivity index (χ1v) is 6.87. The van der Waals surface area contributed by atoms with Crippen LogP contribution in [-0.4, -0.2) is 15.0 Å². The molecule has 5 nitrogen and oxygen atoms in total. The summed E-state index contributed by atoms with van der Waals surface area (Å²) in [6.45, 7) is 0. The summed E-state index contributed by atoms with van der Waals surface area (Å²) in [7, 11) is 0. The lowest BCUT2D eigenvalue weighted by Gasteiger charge is -2.54. The first-order chi connectivity index (χ1) is 8.76. The highest BCUT2D eigenvalue weighted by Crippen LogP contribution is 2.58. The van der Waals surface area contributed by atoms with E-state index in [1.54, 1.807) is 0 Å². The summed E-state index contributed by atoms with van der Waals surface area (Å²) in [5, 5.41) is 17.0. The summed E-state index contributed by atoms with van der Waals surface area (Å²) >= 11 is 0. The zero-order chi connectivity index (χ0) is 12.3. The molecule has 94 valence electrons. The van der Waals surface area contributed by atoms with Crippen LogP contribution in [0.5, 0.6) is 0 Å². The fraction of sp³-hybridized carbons (Fsp3) is 0.769. The van der Waals surface area contributed by atoms with Crippen molar-refractivity contribution in [2.75, 3.05) is 5.73 Å². The van der Waals surface area contributed by atoms with E-state index in [1.165, 1.54) is 32.1 Å². The Balaban J connectivity index is 1.73. The van der Waals surface area contributed by atoms with E-state index in [0.29, 0.717) is 23.7 Å². The normalized spacial score (nSPS) is 40.9. The van der Waals surface area contributed by atoms with Gasteiger partial charge in [0.1, 0.15) is 6.07 Å². The maximum absolute atomic E-state index is 8.94. The van der Waals surface area contributed by atoms with Crippen LogP contribution in [0.2, 0.25) is 0 Å². The summed E-state index contributed by atoms with van der Waals surface area (Å²) in [5.74, 6) is 3.75. The molecule has 0 aliphatic heterocycles. The topological polar surface area (TPSA) is 80.5 Å². The monoisotopic (exact) mass is 243 g/mol. The Morgan fingerprint density at radius 3 is 2.22 bits per heavy atom. The molecule has 1 aromatic heterocycles. The van der Waals surface area contributed by atoms with Crippen molar-refractivity contribution in [2.24, 2.45) is 23.7 Å². The Kier molecular flexibility index (Phi) is 2.00. The zero-order valence-electron chi connectivity index (χ0n) is 10.3. The molecule has 4 bridgehead atoms. The van der Waals surface area contributed by atoms with E-state index in [2.05, 4.69) is 10.3 Å². The summed E-state index contributed by atoms with van der Waals surface area (Å²) in [6.07, 6.45) is 6.71. The van der Waals surface area contributed by atoms with Gasteiger partial charge >= 0.3 is 0 Å². The average Bonchev–Trinajstić information content (AvgIpc) is 2.70. The van der Waals surface area contributed by atoms with Gasteiger partial charge in [-0.3, -0.25) is 0 Å². The van der Waals surface area contributed by atoms with E-state index < -0.39 is 0 Å². The van der Waals surface area contributed by atoms with Crippen molar-refractivity contribution in [1.82, 2.24) is 15.0 Å². The highest BCUT2D eigenvalue weighted by molar-refractivity contribution is 5.43. The van der Waals surface area contributed by atoms with Crippen molar-refractivity contribution in [1.29, 1.82) is 5.26 Å². The smallest absolute Gasteiger partial charge is 0.206 e. The zero-order valence-corrected chi connectivity index (χ0v) is 10.3. The molecular weight excluding hydrogens is 226 g/mol.